The van der Waals surface area contributed by atoms with E-state index in [4.69, 9.17) is 4.74 Å². The van der Waals surface area contributed by atoms with Gasteiger partial charge in [-0.2, -0.15) is 10.4 Å². The highest BCUT2D eigenvalue weighted by molar-refractivity contribution is 7.99. The summed E-state index contributed by atoms with van der Waals surface area (Å²) in [6, 6.07) is 12.3. The van der Waals surface area contributed by atoms with Gasteiger partial charge in [-0.05, 0) is 49.1 Å². The molecule has 0 aliphatic heterocycles. The number of anilines is 1. The van der Waals surface area contributed by atoms with Crippen molar-refractivity contribution in [2.45, 2.75) is 33.2 Å². The molecule has 7 nitrogen and oxygen atoms in total. The molecule has 33 heavy (non-hydrogen) atoms. The molecule has 2 heterocycles. The molecule has 0 aliphatic carbocycles. The normalized spacial score (nSPS) is 11.8. The van der Waals surface area contributed by atoms with Crippen molar-refractivity contribution in [3.8, 4) is 22.9 Å². The van der Waals surface area contributed by atoms with E-state index in [0.29, 0.717) is 23.9 Å². The van der Waals surface area contributed by atoms with E-state index >= 15 is 0 Å². The number of aromatic nitrogens is 4. The van der Waals surface area contributed by atoms with Crippen LogP contribution in [0.25, 0.3) is 22.0 Å². The fourth-order valence-corrected chi connectivity index (χ4v) is 4.00. The summed E-state index contributed by atoms with van der Waals surface area (Å²) >= 11 is 1.46. The molecule has 2 aromatic carbocycles. The third-order valence-electron chi connectivity index (χ3n) is 5.46. The maximum atomic E-state index is 9.64. The highest BCUT2D eigenvalue weighted by atomic mass is 32.2. The van der Waals surface area contributed by atoms with E-state index in [9.17, 15) is 5.26 Å². The average Bonchev–Trinajstić information content (AvgIpc) is 3.32. The summed E-state index contributed by atoms with van der Waals surface area (Å²) in [6.07, 6.45) is 8.54. The van der Waals surface area contributed by atoms with Crippen molar-refractivity contribution in [2.75, 3.05) is 17.6 Å². The minimum Gasteiger partial charge on any atom is -0.492 e. The lowest BCUT2D eigenvalue weighted by Crippen LogP contribution is -2.09. The number of aryl methyl sites for hydroxylation is 1. The lowest BCUT2D eigenvalue weighted by molar-refractivity contribution is 0.314. The van der Waals surface area contributed by atoms with E-state index in [1.54, 1.807) is 0 Å². The van der Waals surface area contributed by atoms with Crippen LogP contribution >= 0.6 is 11.9 Å². The van der Waals surface area contributed by atoms with Gasteiger partial charge >= 0.3 is 0 Å². The van der Waals surface area contributed by atoms with Crippen molar-refractivity contribution < 1.29 is 4.74 Å². The number of benzene rings is 2. The van der Waals surface area contributed by atoms with Gasteiger partial charge in [-0.1, -0.05) is 37.1 Å². The number of hydrogen-bond acceptors (Lipinski definition) is 7. The summed E-state index contributed by atoms with van der Waals surface area (Å²) in [5, 5.41) is 15.2. The smallest absolute Gasteiger partial charge is 0.233 e. The van der Waals surface area contributed by atoms with Crippen molar-refractivity contribution in [1.29, 1.82) is 5.26 Å². The first-order chi connectivity index (χ1) is 16.0. The first-order valence-corrected chi connectivity index (χ1v) is 12.0. The Kier molecular flexibility index (Phi) is 6.80. The zero-order chi connectivity index (χ0) is 23.4. The summed E-state index contributed by atoms with van der Waals surface area (Å²) in [5.74, 6) is 1.26. The summed E-state index contributed by atoms with van der Waals surface area (Å²) in [7, 11) is 0. The number of hydrogen-bond donors (Lipinski definition) is 1. The maximum Gasteiger partial charge on any atom is 0.233 e. The number of nitriles is 1. The molecule has 8 heteroatoms. The lowest BCUT2D eigenvalue weighted by Gasteiger charge is -2.17. The van der Waals surface area contributed by atoms with E-state index in [-0.39, 0.29) is 6.04 Å². The molecule has 0 aliphatic rings. The molecule has 168 valence electrons. The Labute approximate surface area is 198 Å². The van der Waals surface area contributed by atoms with Crippen molar-refractivity contribution in [1.82, 2.24) is 19.7 Å². The number of nitrogens with zero attached hydrogens (tertiary/aromatic N) is 5. The first-order valence-electron chi connectivity index (χ1n) is 10.8. The fourth-order valence-electron chi connectivity index (χ4n) is 3.72. The summed E-state index contributed by atoms with van der Waals surface area (Å²) < 4.78 is 10.8. The molecule has 1 atom stereocenters. The number of nitrogens with one attached hydrogen (secondary N) is 1. The molecule has 4 rings (SSSR count). The first kappa shape index (κ1) is 22.6. The number of ether oxygens (including phenoxy) is 1. The van der Waals surface area contributed by atoms with Gasteiger partial charge in [-0.3, -0.25) is 9.40 Å². The van der Waals surface area contributed by atoms with Crippen LogP contribution in [0.15, 0.2) is 48.9 Å². The molecule has 4 aromatic rings. The van der Waals surface area contributed by atoms with E-state index in [1.807, 2.05) is 54.7 Å². The molecule has 0 bridgehead atoms. The van der Waals surface area contributed by atoms with E-state index in [2.05, 4.69) is 51.8 Å². The molecule has 0 saturated heterocycles. The largest absolute Gasteiger partial charge is 0.492 e. The predicted molar refractivity (Wildman–Crippen MR) is 133 cm³/mol. The molecule has 0 amide bonds. The molecule has 1 N–H and O–H groups in total. The van der Waals surface area contributed by atoms with Gasteiger partial charge in [0.05, 0.1) is 29.9 Å². The Balaban J connectivity index is 1.63. The van der Waals surface area contributed by atoms with Gasteiger partial charge in [0.25, 0.3) is 0 Å². The second kappa shape index (κ2) is 9.92. The van der Waals surface area contributed by atoms with Gasteiger partial charge in [0.15, 0.2) is 0 Å². The Morgan fingerprint density at radius 2 is 2.06 bits per heavy atom. The third-order valence-corrected chi connectivity index (χ3v) is 5.84. The van der Waals surface area contributed by atoms with Crippen molar-refractivity contribution in [2.24, 2.45) is 0 Å². The molecular formula is C25H26N6OS. The number of fused-ring (bicyclic) bond motifs is 1. The molecule has 0 saturated carbocycles. The van der Waals surface area contributed by atoms with Crippen LogP contribution in [0.1, 0.15) is 43.0 Å². The molecule has 0 fully saturated rings. The highest BCUT2D eigenvalue weighted by Crippen LogP contribution is 2.30. The molecular weight excluding hydrogens is 432 g/mol. The van der Waals surface area contributed by atoms with Crippen molar-refractivity contribution >= 4 is 28.8 Å². The van der Waals surface area contributed by atoms with Gasteiger partial charge in [0.2, 0.25) is 5.95 Å². The molecule has 0 spiro atoms. The quantitative estimate of drug-likeness (QED) is 0.336. The second-order valence-electron chi connectivity index (χ2n) is 7.83. The van der Waals surface area contributed by atoms with Gasteiger partial charge in [0.1, 0.15) is 11.8 Å². The van der Waals surface area contributed by atoms with Gasteiger partial charge in [-0.25, -0.2) is 9.97 Å². The van der Waals surface area contributed by atoms with Gasteiger partial charge in [-0.15, -0.1) is 0 Å². The van der Waals surface area contributed by atoms with E-state index in [1.165, 1.54) is 11.9 Å². The predicted octanol–water partition coefficient (Wildman–Crippen LogP) is 5.76. The zero-order valence-electron chi connectivity index (χ0n) is 19.2. The summed E-state index contributed by atoms with van der Waals surface area (Å²) in [5.41, 5.74) is 5.44. The van der Waals surface area contributed by atoms with Crippen LogP contribution in [-0.2, 0) is 0 Å². The second-order valence-corrected chi connectivity index (χ2v) is 8.45. The third kappa shape index (κ3) is 4.78. The highest BCUT2D eigenvalue weighted by Gasteiger charge is 2.16. The van der Waals surface area contributed by atoms with Crippen molar-refractivity contribution in [3.05, 3.63) is 65.6 Å². The molecule has 2 aromatic heterocycles. The molecule has 1 unspecified atom stereocenters. The SMILES string of the molecule is CCCOc1c(C)cc(C(C)n2cc(-c3ccc4cnc(NSC)nc4c3)cn2)cc1C#N. The zero-order valence-corrected chi connectivity index (χ0v) is 20.0. The molecule has 0 radical (unpaired) electrons. The monoisotopic (exact) mass is 458 g/mol. The van der Waals surface area contributed by atoms with Crippen LogP contribution in [-0.4, -0.2) is 32.6 Å². The number of rotatable bonds is 8. The topological polar surface area (TPSA) is 88.7 Å². The Morgan fingerprint density at radius 3 is 2.82 bits per heavy atom. The van der Waals surface area contributed by atoms with Crippen molar-refractivity contribution in [3.63, 3.8) is 0 Å². The minimum atomic E-state index is -0.0371. The maximum absolute atomic E-state index is 9.64. The Morgan fingerprint density at radius 1 is 1.21 bits per heavy atom. The van der Waals surface area contributed by atoms with Crippen LogP contribution in [0, 0.1) is 18.3 Å². The Bertz CT molecular complexity index is 1330. The average molecular weight is 459 g/mol. The standard InChI is InChI=1S/C25H26N6OS/c1-5-8-32-24-16(2)9-20(10-21(24)12-26)17(3)31-15-22(14-28-31)18-6-7-19-13-27-25(30-33-4)29-23(19)11-18/h6-7,9-11,13-15,17H,5,8H2,1-4H3,(H,27,29,30). The minimum absolute atomic E-state index is 0.0371. The van der Waals surface area contributed by atoms with Crippen LogP contribution in [0.5, 0.6) is 5.75 Å². The summed E-state index contributed by atoms with van der Waals surface area (Å²) in [4.78, 5) is 8.90. The lowest BCUT2D eigenvalue weighted by atomic mass is 10.0. The van der Waals surface area contributed by atoms with E-state index < -0.39 is 0 Å². The Hall–Kier alpha value is -3.57. The van der Waals surface area contributed by atoms with E-state index in [0.717, 1.165) is 39.6 Å². The summed E-state index contributed by atoms with van der Waals surface area (Å²) in [6.45, 7) is 6.70. The van der Waals surface area contributed by atoms with Gasteiger partial charge < -0.3 is 4.74 Å². The van der Waals surface area contributed by atoms with Gasteiger partial charge in [0, 0.05) is 29.6 Å². The van der Waals surface area contributed by atoms with Crippen LogP contribution in [0.3, 0.4) is 0 Å². The fraction of sp³-hybridized carbons (Fsp3) is 0.280. The van der Waals surface area contributed by atoms with Crippen LogP contribution in [0.4, 0.5) is 5.95 Å². The van der Waals surface area contributed by atoms with Crippen LogP contribution < -0.4 is 9.46 Å². The van der Waals surface area contributed by atoms with Crippen LogP contribution in [0.2, 0.25) is 0 Å².